The van der Waals surface area contributed by atoms with Crippen molar-refractivity contribution in [2.45, 2.75) is 46.6 Å². The normalized spacial score (nSPS) is 12.4. The number of benzene rings is 2. The smallest absolute Gasteiger partial charge is 0.346 e. The number of aryl methyl sites for hydroxylation is 1. The van der Waals surface area contributed by atoms with E-state index in [1.54, 1.807) is 19.2 Å². The predicted octanol–water partition coefficient (Wildman–Crippen LogP) is 5.51. The van der Waals surface area contributed by atoms with Crippen LogP contribution in [-0.4, -0.2) is 39.6 Å². The van der Waals surface area contributed by atoms with Crippen molar-refractivity contribution in [2.75, 3.05) is 7.11 Å². The van der Waals surface area contributed by atoms with Gasteiger partial charge in [-0.25, -0.2) is 9.78 Å². The Bertz CT molecular complexity index is 1550. The molecule has 0 radical (unpaired) electrons. The van der Waals surface area contributed by atoms with E-state index < -0.39 is 12.1 Å². The quantitative estimate of drug-likeness (QED) is 0.218. The van der Waals surface area contributed by atoms with E-state index in [1.165, 1.54) is 11.8 Å². The molecule has 0 aliphatic carbocycles. The topological polar surface area (TPSA) is 87.7 Å². The zero-order valence-corrected chi connectivity index (χ0v) is 23.2. The van der Waals surface area contributed by atoms with E-state index in [9.17, 15) is 9.59 Å². The van der Waals surface area contributed by atoms with Gasteiger partial charge in [0, 0.05) is 33.0 Å². The number of ether oxygens (including phenoxy) is 2. The summed E-state index contributed by atoms with van der Waals surface area (Å²) in [7, 11) is 1.33. The molecule has 4 rings (SSSR count). The third-order valence-electron chi connectivity index (χ3n) is 6.07. The van der Waals surface area contributed by atoms with Crippen LogP contribution in [0.5, 0.6) is 5.75 Å². The van der Waals surface area contributed by atoms with Crippen LogP contribution in [0, 0.1) is 13.8 Å². The van der Waals surface area contributed by atoms with Gasteiger partial charge in [-0.1, -0.05) is 29.8 Å². The van der Waals surface area contributed by atoms with Gasteiger partial charge in [-0.15, -0.1) is 0 Å². The highest BCUT2D eigenvalue weighted by atomic mass is 79.9. The third-order valence-corrected chi connectivity index (χ3v) is 6.57. The molecule has 0 spiro atoms. The zero-order valence-electron chi connectivity index (χ0n) is 21.7. The highest BCUT2D eigenvalue weighted by Gasteiger charge is 2.16. The van der Waals surface area contributed by atoms with Crippen LogP contribution in [0.15, 0.2) is 62.9 Å². The molecule has 8 nitrogen and oxygen atoms in total. The van der Waals surface area contributed by atoms with Crippen molar-refractivity contribution in [3.63, 3.8) is 0 Å². The van der Waals surface area contributed by atoms with Crippen LogP contribution in [0.4, 0.5) is 0 Å². The molecule has 192 valence electrons. The monoisotopic (exact) mass is 564 g/mol. The van der Waals surface area contributed by atoms with E-state index in [1.807, 2.05) is 70.2 Å². The molecule has 2 aromatic carbocycles. The summed E-state index contributed by atoms with van der Waals surface area (Å²) in [6, 6.07) is 15.0. The van der Waals surface area contributed by atoms with Crippen LogP contribution in [-0.2, 0) is 9.53 Å². The van der Waals surface area contributed by atoms with Crippen LogP contribution < -0.4 is 10.3 Å². The number of aromatic nitrogens is 3. The first-order valence-electron chi connectivity index (χ1n) is 11.9. The van der Waals surface area contributed by atoms with Gasteiger partial charge in [0.2, 0.25) is 0 Å². The maximum Gasteiger partial charge on any atom is 0.346 e. The fourth-order valence-corrected chi connectivity index (χ4v) is 4.54. The summed E-state index contributed by atoms with van der Waals surface area (Å²) in [5, 5.41) is 5.09. The summed E-state index contributed by atoms with van der Waals surface area (Å²) >= 11 is 3.44. The van der Waals surface area contributed by atoms with Crippen molar-refractivity contribution in [1.82, 2.24) is 14.2 Å². The van der Waals surface area contributed by atoms with Crippen molar-refractivity contribution in [2.24, 2.45) is 5.10 Å². The molecule has 0 aliphatic heterocycles. The molecular weight excluding hydrogens is 536 g/mol. The van der Waals surface area contributed by atoms with Gasteiger partial charge in [0.05, 0.1) is 24.2 Å². The molecule has 9 heteroatoms. The molecule has 0 N–H and O–H groups in total. The summed E-state index contributed by atoms with van der Waals surface area (Å²) in [6.07, 6.45) is 1.01. The van der Waals surface area contributed by atoms with E-state index >= 15 is 0 Å². The molecule has 4 aromatic rings. The minimum atomic E-state index is -0.696. The number of rotatable bonds is 7. The maximum absolute atomic E-state index is 13.3. The number of hydrogen-bond acceptors (Lipinski definition) is 6. The number of methoxy groups -OCH3 is 1. The van der Waals surface area contributed by atoms with Gasteiger partial charge >= 0.3 is 5.97 Å². The SMILES string of the molecule is COC(=O)[C@@H](C)Oc1ccc(-n2c(C)cc(C=Nn3c(C(C)C)nc4ccc(Br)cc4c3=O)c2C)cc1. The molecule has 0 amide bonds. The number of fused-ring (bicyclic) bond motifs is 1. The summed E-state index contributed by atoms with van der Waals surface area (Å²) in [5.41, 5.74) is 4.23. The first-order valence-corrected chi connectivity index (χ1v) is 12.7. The zero-order chi connectivity index (χ0) is 26.9. The Morgan fingerprint density at radius 2 is 1.78 bits per heavy atom. The summed E-state index contributed by atoms with van der Waals surface area (Å²) in [6.45, 7) is 9.63. The van der Waals surface area contributed by atoms with Crippen molar-refractivity contribution in [3.05, 3.63) is 86.1 Å². The van der Waals surface area contributed by atoms with Crippen molar-refractivity contribution in [3.8, 4) is 11.4 Å². The van der Waals surface area contributed by atoms with Gasteiger partial charge in [-0.05, 0) is 69.3 Å². The van der Waals surface area contributed by atoms with Crippen LogP contribution in [0.2, 0.25) is 0 Å². The van der Waals surface area contributed by atoms with Crippen LogP contribution >= 0.6 is 15.9 Å². The van der Waals surface area contributed by atoms with Gasteiger partial charge < -0.3 is 14.0 Å². The Kier molecular flexibility index (Phi) is 7.63. The number of hydrogen-bond donors (Lipinski definition) is 0. The Morgan fingerprint density at radius 3 is 2.43 bits per heavy atom. The molecular formula is C28H29BrN4O4. The Balaban J connectivity index is 1.68. The van der Waals surface area contributed by atoms with Crippen LogP contribution in [0.25, 0.3) is 16.6 Å². The molecule has 2 heterocycles. The standard InChI is InChI=1S/C28H29BrN4O4/c1-16(2)26-31-25-12-7-21(29)14-24(25)27(34)33(26)30-15-20-13-17(3)32(18(20)4)22-8-10-23(11-9-22)37-19(5)28(35)36-6/h7-16,19H,1-6H3/t19-/m1/s1. The third kappa shape index (κ3) is 5.36. The Labute approximate surface area is 223 Å². The number of nitrogens with zero attached hydrogens (tertiary/aromatic N) is 4. The van der Waals surface area contributed by atoms with Crippen LogP contribution in [0.3, 0.4) is 0 Å². The van der Waals surface area contributed by atoms with Gasteiger partial charge in [-0.2, -0.15) is 9.78 Å². The predicted molar refractivity (Wildman–Crippen MR) is 148 cm³/mol. The van der Waals surface area contributed by atoms with E-state index in [0.29, 0.717) is 22.5 Å². The lowest BCUT2D eigenvalue weighted by Crippen LogP contribution is -2.24. The average molecular weight is 565 g/mol. The number of carbonyl (C=O) groups excluding carboxylic acids is 1. The van der Waals surface area contributed by atoms with Crippen LogP contribution in [0.1, 0.15) is 49.5 Å². The van der Waals surface area contributed by atoms with E-state index in [4.69, 9.17) is 14.5 Å². The molecule has 0 unspecified atom stereocenters. The molecule has 1 atom stereocenters. The van der Waals surface area contributed by atoms with Gasteiger partial charge in [0.1, 0.15) is 11.6 Å². The minimum Gasteiger partial charge on any atom is -0.479 e. The number of esters is 1. The maximum atomic E-state index is 13.3. The first kappa shape index (κ1) is 26.3. The number of halogens is 1. The van der Waals surface area contributed by atoms with Gasteiger partial charge in [-0.3, -0.25) is 4.79 Å². The largest absolute Gasteiger partial charge is 0.479 e. The fraction of sp³-hybridized carbons (Fsp3) is 0.286. The molecule has 0 saturated carbocycles. The molecule has 0 fully saturated rings. The van der Waals surface area contributed by atoms with Crippen molar-refractivity contribution in [1.29, 1.82) is 0 Å². The lowest BCUT2D eigenvalue weighted by molar-refractivity contribution is -0.147. The molecule has 0 saturated heterocycles. The fourth-order valence-electron chi connectivity index (χ4n) is 4.18. The molecule has 0 aliphatic rings. The van der Waals surface area contributed by atoms with E-state index in [-0.39, 0.29) is 11.5 Å². The molecule has 37 heavy (non-hydrogen) atoms. The molecule has 0 bridgehead atoms. The Morgan fingerprint density at radius 1 is 1.08 bits per heavy atom. The second-order valence-electron chi connectivity index (χ2n) is 9.09. The Hall–Kier alpha value is -3.72. The second kappa shape index (κ2) is 10.7. The minimum absolute atomic E-state index is 0.00737. The summed E-state index contributed by atoms with van der Waals surface area (Å²) in [4.78, 5) is 29.7. The second-order valence-corrected chi connectivity index (χ2v) is 10.0. The number of carbonyl (C=O) groups is 1. The summed E-state index contributed by atoms with van der Waals surface area (Å²) < 4.78 is 14.7. The summed E-state index contributed by atoms with van der Waals surface area (Å²) in [5.74, 6) is 0.746. The van der Waals surface area contributed by atoms with E-state index in [0.717, 1.165) is 27.1 Å². The first-order chi connectivity index (χ1) is 17.6. The van der Waals surface area contributed by atoms with Crippen molar-refractivity contribution < 1.29 is 14.3 Å². The van der Waals surface area contributed by atoms with Crippen molar-refractivity contribution >= 4 is 39.0 Å². The average Bonchev–Trinajstić information content (AvgIpc) is 3.16. The van der Waals surface area contributed by atoms with Gasteiger partial charge in [0.25, 0.3) is 5.56 Å². The highest BCUT2D eigenvalue weighted by Crippen LogP contribution is 2.23. The molecule has 2 aromatic heterocycles. The van der Waals surface area contributed by atoms with Gasteiger partial charge in [0.15, 0.2) is 6.10 Å². The lowest BCUT2D eigenvalue weighted by atomic mass is 10.2. The lowest BCUT2D eigenvalue weighted by Gasteiger charge is -2.14. The van der Waals surface area contributed by atoms with E-state index in [2.05, 4.69) is 25.6 Å². The highest BCUT2D eigenvalue weighted by molar-refractivity contribution is 9.10.